The number of ether oxygens (including phenoxy) is 1. The molecule has 174 valence electrons. The number of fused-ring (bicyclic) bond motifs is 1. The predicted octanol–water partition coefficient (Wildman–Crippen LogP) is 2.69. The number of amides is 1. The molecule has 0 spiro atoms. The van der Waals surface area contributed by atoms with Gasteiger partial charge in [-0.3, -0.25) is 14.4 Å². The van der Waals surface area contributed by atoms with E-state index in [0.717, 1.165) is 60.5 Å². The SMILES string of the molecule is COc1cccc(Cn2nc(C(=O)N3CCC[C@@H](O)C3)c3c2CCN(Cc2ccoc2)C3)c1. The third-order valence-electron chi connectivity index (χ3n) is 6.55. The van der Waals surface area contributed by atoms with Gasteiger partial charge in [-0.05, 0) is 36.6 Å². The van der Waals surface area contributed by atoms with Crippen LogP contribution in [0.2, 0.25) is 0 Å². The highest BCUT2D eigenvalue weighted by atomic mass is 16.5. The van der Waals surface area contributed by atoms with Crippen molar-refractivity contribution in [1.82, 2.24) is 19.6 Å². The fourth-order valence-corrected chi connectivity index (χ4v) is 4.86. The van der Waals surface area contributed by atoms with Gasteiger partial charge < -0.3 is 19.2 Å². The van der Waals surface area contributed by atoms with Crippen molar-refractivity contribution in [3.63, 3.8) is 0 Å². The average Bonchev–Trinajstić information content (AvgIpc) is 3.47. The van der Waals surface area contributed by atoms with Gasteiger partial charge in [0, 0.05) is 56.0 Å². The molecule has 3 aromatic rings. The van der Waals surface area contributed by atoms with Gasteiger partial charge in [0.05, 0.1) is 32.3 Å². The Morgan fingerprint density at radius 2 is 2.15 bits per heavy atom. The summed E-state index contributed by atoms with van der Waals surface area (Å²) < 4.78 is 12.6. The summed E-state index contributed by atoms with van der Waals surface area (Å²) in [5.41, 5.74) is 4.82. The number of aliphatic hydroxyl groups is 1. The van der Waals surface area contributed by atoms with Crippen molar-refractivity contribution in [1.29, 1.82) is 0 Å². The van der Waals surface area contributed by atoms with Crippen molar-refractivity contribution in [3.05, 3.63) is 70.9 Å². The number of likely N-dealkylation sites (tertiary alicyclic amines) is 1. The maximum Gasteiger partial charge on any atom is 0.274 e. The normalized spacial score (nSPS) is 18.8. The largest absolute Gasteiger partial charge is 0.497 e. The van der Waals surface area contributed by atoms with Gasteiger partial charge in [0.25, 0.3) is 5.91 Å². The maximum absolute atomic E-state index is 13.5. The highest BCUT2D eigenvalue weighted by Crippen LogP contribution is 2.27. The molecule has 1 saturated heterocycles. The zero-order valence-corrected chi connectivity index (χ0v) is 18.9. The first kappa shape index (κ1) is 21.7. The number of nitrogens with zero attached hydrogens (tertiary/aromatic N) is 4. The Morgan fingerprint density at radius 1 is 1.24 bits per heavy atom. The van der Waals surface area contributed by atoms with Crippen LogP contribution in [0.15, 0.2) is 47.3 Å². The maximum atomic E-state index is 13.5. The van der Waals surface area contributed by atoms with Gasteiger partial charge in [0.15, 0.2) is 5.69 Å². The second-order valence-electron chi connectivity index (χ2n) is 8.92. The van der Waals surface area contributed by atoms with Crippen molar-refractivity contribution in [2.45, 2.75) is 45.0 Å². The lowest BCUT2D eigenvalue weighted by atomic mass is 10.0. The van der Waals surface area contributed by atoms with Crippen LogP contribution < -0.4 is 4.74 Å². The van der Waals surface area contributed by atoms with E-state index < -0.39 is 6.10 Å². The summed E-state index contributed by atoms with van der Waals surface area (Å²) in [6, 6.07) is 9.92. The van der Waals surface area contributed by atoms with Crippen LogP contribution in [0.1, 0.15) is 45.7 Å². The van der Waals surface area contributed by atoms with Gasteiger partial charge in [0.2, 0.25) is 0 Å². The monoisotopic (exact) mass is 450 g/mol. The molecule has 0 unspecified atom stereocenters. The van der Waals surface area contributed by atoms with E-state index in [4.69, 9.17) is 14.3 Å². The number of benzene rings is 1. The van der Waals surface area contributed by atoms with Gasteiger partial charge in [-0.1, -0.05) is 12.1 Å². The smallest absolute Gasteiger partial charge is 0.274 e. The van der Waals surface area contributed by atoms with Crippen molar-refractivity contribution in [2.75, 3.05) is 26.7 Å². The van der Waals surface area contributed by atoms with Crippen LogP contribution in [0.25, 0.3) is 0 Å². The lowest BCUT2D eigenvalue weighted by Gasteiger charge is -2.31. The number of furan rings is 1. The van der Waals surface area contributed by atoms with Crippen LogP contribution >= 0.6 is 0 Å². The fraction of sp³-hybridized carbons (Fsp3) is 0.440. The number of hydrogen-bond acceptors (Lipinski definition) is 6. The molecule has 0 radical (unpaired) electrons. The Morgan fingerprint density at radius 3 is 2.94 bits per heavy atom. The molecule has 0 aliphatic carbocycles. The Kier molecular flexibility index (Phi) is 6.20. The number of methoxy groups -OCH3 is 1. The second-order valence-corrected chi connectivity index (χ2v) is 8.92. The van der Waals surface area contributed by atoms with Crippen LogP contribution in [-0.2, 0) is 26.1 Å². The number of carbonyl (C=O) groups is 1. The molecule has 1 N–H and O–H groups in total. The van der Waals surface area contributed by atoms with Crippen molar-refractivity contribution in [3.8, 4) is 5.75 Å². The highest BCUT2D eigenvalue weighted by molar-refractivity contribution is 5.94. The summed E-state index contributed by atoms with van der Waals surface area (Å²) in [6.45, 7) is 3.93. The van der Waals surface area contributed by atoms with Gasteiger partial charge >= 0.3 is 0 Å². The zero-order chi connectivity index (χ0) is 22.8. The van der Waals surface area contributed by atoms with Gasteiger partial charge in [-0.25, -0.2) is 0 Å². The lowest BCUT2D eigenvalue weighted by Crippen LogP contribution is -2.43. The quantitative estimate of drug-likeness (QED) is 0.622. The Bertz CT molecular complexity index is 1110. The van der Waals surface area contributed by atoms with Crippen LogP contribution in [0, 0.1) is 0 Å². The molecule has 1 fully saturated rings. The number of rotatable bonds is 6. The molecule has 1 amide bonds. The Balaban J connectivity index is 1.45. The molecule has 1 atom stereocenters. The van der Waals surface area contributed by atoms with Crippen LogP contribution in [-0.4, -0.2) is 63.4 Å². The molecule has 8 heteroatoms. The fourth-order valence-electron chi connectivity index (χ4n) is 4.86. The molecule has 2 aliphatic rings. The van der Waals surface area contributed by atoms with E-state index in [1.165, 1.54) is 0 Å². The predicted molar refractivity (Wildman–Crippen MR) is 122 cm³/mol. The molecular weight excluding hydrogens is 420 g/mol. The first-order valence-corrected chi connectivity index (χ1v) is 11.5. The zero-order valence-electron chi connectivity index (χ0n) is 18.9. The minimum absolute atomic E-state index is 0.0837. The van der Waals surface area contributed by atoms with Crippen LogP contribution in [0.3, 0.4) is 0 Å². The number of hydrogen-bond donors (Lipinski definition) is 1. The van der Waals surface area contributed by atoms with E-state index in [1.54, 1.807) is 24.5 Å². The van der Waals surface area contributed by atoms with E-state index in [0.29, 0.717) is 31.9 Å². The molecule has 2 aliphatic heterocycles. The number of piperidine rings is 1. The molecule has 0 saturated carbocycles. The van der Waals surface area contributed by atoms with Crippen molar-refractivity contribution < 1.29 is 19.1 Å². The van der Waals surface area contributed by atoms with Crippen LogP contribution in [0.5, 0.6) is 5.75 Å². The summed E-state index contributed by atoms with van der Waals surface area (Å²) in [4.78, 5) is 17.6. The topological polar surface area (TPSA) is 84.0 Å². The molecule has 0 bridgehead atoms. The first-order chi connectivity index (χ1) is 16.1. The number of carbonyl (C=O) groups excluding carboxylic acids is 1. The second kappa shape index (κ2) is 9.41. The summed E-state index contributed by atoms with van der Waals surface area (Å²) >= 11 is 0. The van der Waals surface area contributed by atoms with E-state index in [-0.39, 0.29) is 5.91 Å². The minimum atomic E-state index is -0.463. The third kappa shape index (κ3) is 4.67. The van der Waals surface area contributed by atoms with Gasteiger partial charge in [-0.15, -0.1) is 0 Å². The number of aromatic nitrogens is 2. The van der Waals surface area contributed by atoms with E-state index in [2.05, 4.69) is 4.90 Å². The van der Waals surface area contributed by atoms with Gasteiger partial charge in [-0.2, -0.15) is 5.10 Å². The Hall–Kier alpha value is -3.10. The van der Waals surface area contributed by atoms with Crippen molar-refractivity contribution in [2.24, 2.45) is 0 Å². The average molecular weight is 451 g/mol. The highest BCUT2D eigenvalue weighted by Gasteiger charge is 2.32. The van der Waals surface area contributed by atoms with Crippen molar-refractivity contribution >= 4 is 5.91 Å². The summed E-state index contributed by atoms with van der Waals surface area (Å²) in [6.07, 6.45) is 5.36. The molecule has 5 rings (SSSR count). The van der Waals surface area contributed by atoms with E-state index in [9.17, 15) is 9.90 Å². The molecule has 33 heavy (non-hydrogen) atoms. The standard InChI is InChI=1S/C25H30N4O4/c1-32-21-6-2-4-18(12-21)14-29-23-7-10-27(13-19-8-11-33-17-19)16-22(23)24(26-29)25(31)28-9-3-5-20(30)15-28/h2,4,6,8,11-12,17,20,30H,3,5,7,9-10,13-16H2,1H3/t20-/m1/s1. The summed E-state index contributed by atoms with van der Waals surface area (Å²) in [5, 5.41) is 14.9. The minimum Gasteiger partial charge on any atom is -0.497 e. The molecule has 4 heterocycles. The van der Waals surface area contributed by atoms with Gasteiger partial charge in [0.1, 0.15) is 5.75 Å². The number of β-amino-alcohol motifs (C(OH)–C–C–N with tert-alkyl or cyclic N) is 1. The summed E-state index contributed by atoms with van der Waals surface area (Å²) in [7, 11) is 1.66. The van der Waals surface area contributed by atoms with E-state index >= 15 is 0 Å². The molecule has 1 aromatic carbocycles. The van der Waals surface area contributed by atoms with Crippen LogP contribution in [0.4, 0.5) is 0 Å². The Labute approximate surface area is 193 Å². The molecule has 2 aromatic heterocycles. The summed E-state index contributed by atoms with van der Waals surface area (Å²) in [5.74, 6) is 0.720. The van der Waals surface area contributed by atoms with E-state index in [1.807, 2.05) is 35.0 Å². The molecule has 8 nitrogen and oxygen atoms in total. The third-order valence-corrected chi connectivity index (χ3v) is 6.55. The lowest BCUT2D eigenvalue weighted by molar-refractivity contribution is 0.0466. The number of aliphatic hydroxyl groups excluding tert-OH is 1. The first-order valence-electron chi connectivity index (χ1n) is 11.5. The molecular formula is C25H30N4O4.